The molecule has 0 radical (unpaired) electrons. The smallest absolute Gasteiger partial charge is 0.0570 e. The quantitative estimate of drug-likeness (QED) is 0.812. The third-order valence-electron chi connectivity index (χ3n) is 4.42. The van der Waals surface area contributed by atoms with Gasteiger partial charge in [0.1, 0.15) is 0 Å². The number of anilines is 1. The second-order valence-corrected chi connectivity index (χ2v) is 7.23. The van der Waals surface area contributed by atoms with Crippen LogP contribution in [0.2, 0.25) is 0 Å². The molecule has 0 aliphatic carbocycles. The molecule has 1 N–H and O–H groups in total. The maximum absolute atomic E-state index is 5.84. The van der Waals surface area contributed by atoms with Crippen LogP contribution in [0.15, 0.2) is 18.2 Å². The predicted octanol–water partition coefficient (Wildman–Crippen LogP) is 5.30. The minimum atomic E-state index is 0.351. The van der Waals surface area contributed by atoms with Gasteiger partial charge in [0.25, 0.3) is 0 Å². The highest BCUT2D eigenvalue weighted by molar-refractivity contribution is 5.55. The van der Waals surface area contributed by atoms with E-state index in [2.05, 4.69) is 65.1 Å². The Balaban J connectivity index is 2.19. The lowest BCUT2D eigenvalue weighted by Crippen LogP contribution is -2.37. The molecule has 1 aliphatic rings. The van der Waals surface area contributed by atoms with Gasteiger partial charge in [0, 0.05) is 11.7 Å². The molecule has 0 spiro atoms. The lowest BCUT2D eigenvalue weighted by atomic mass is 9.93. The van der Waals surface area contributed by atoms with E-state index < -0.39 is 0 Å². The summed E-state index contributed by atoms with van der Waals surface area (Å²) in [4.78, 5) is 0. The Bertz CT molecular complexity index is 457. The highest BCUT2D eigenvalue weighted by Gasteiger charge is 2.25. The normalized spacial score (nSPS) is 26.4. The van der Waals surface area contributed by atoms with E-state index in [0.717, 1.165) is 12.8 Å². The van der Waals surface area contributed by atoms with E-state index >= 15 is 0 Å². The first-order valence-corrected chi connectivity index (χ1v) is 8.42. The first kappa shape index (κ1) is 16.4. The molecule has 1 aromatic rings. The van der Waals surface area contributed by atoms with Gasteiger partial charge >= 0.3 is 0 Å². The van der Waals surface area contributed by atoms with Crippen molar-refractivity contribution in [1.29, 1.82) is 0 Å². The molecular formula is C19H31NO. The van der Waals surface area contributed by atoms with E-state index in [9.17, 15) is 0 Å². The van der Waals surface area contributed by atoms with Crippen molar-refractivity contribution >= 4 is 5.69 Å². The third kappa shape index (κ3) is 4.23. The van der Waals surface area contributed by atoms with Crippen LogP contribution < -0.4 is 5.32 Å². The standard InChI is InChI=1S/C19H31NO/c1-12(2)16-7-8-19(18(11-16)13(3)4)20-17-9-14(5)21-15(6)10-17/h7-8,11-15,17,20H,9-10H2,1-6H3. The molecule has 1 heterocycles. The molecule has 2 atom stereocenters. The molecule has 0 amide bonds. The zero-order valence-electron chi connectivity index (χ0n) is 14.4. The van der Waals surface area contributed by atoms with Crippen molar-refractivity contribution in [3.05, 3.63) is 29.3 Å². The van der Waals surface area contributed by atoms with Crippen LogP contribution in [0.25, 0.3) is 0 Å². The number of ether oxygens (including phenoxy) is 1. The Kier molecular flexibility index (Phi) is 5.32. The van der Waals surface area contributed by atoms with E-state index in [0.29, 0.717) is 30.1 Å². The molecule has 1 saturated heterocycles. The molecule has 0 saturated carbocycles. The molecule has 118 valence electrons. The molecule has 2 rings (SSSR count). The monoisotopic (exact) mass is 289 g/mol. The summed E-state index contributed by atoms with van der Waals surface area (Å²) in [5.74, 6) is 1.13. The highest BCUT2D eigenvalue weighted by atomic mass is 16.5. The molecule has 2 nitrogen and oxygen atoms in total. The average Bonchev–Trinajstić information content (AvgIpc) is 2.37. The van der Waals surface area contributed by atoms with Gasteiger partial charge in [-0.2, -0.15) is 0 Å². The zero-order chi connectivity index (χ0) is 15.6. The van der Waals surface area contributed by atoms with Gasteiger partial charge in [0.05, 0.1) is 12.2 Å². The molecule has 1 fully saturated rings. The summed E-state index contributed by atoms with van der Waals surface area (Å²) < 4.78 is 5.84. The first-order valence-electron chi connectivity index (χ1n) is 8.42. The largest absolute Gasteiger partial charge is 0.382 e. The topological polar surface area (TPSA) is 21.3 Å². The maximum Gasteiger partial charge on any atom is 0.0570 e. The lowest BCUT2D eigenvalue weighted by Gasteiger charge is -2.34. The van der Waals surface area contributed by atoms with Crippen molar-refractivity contribution in [3.8, 4) is 0 Å². The summed E-state index contributed by atoms with van der Waals surface area (Å²) >= 11 is 0. The molecule has 2 heteroatoms. The van der Waals surface area contributed by atoms with Crippen LogP contribution in [-0.2, 0) is 4.74 Å². The van der Waals surface area contributed by atoms with E-state index in [1.54, 1.807) is 0 Å². The number of hydrogen-bond donors (Lipinski definition) is 1. The average molecular weight is 289 g/mol. The Morgan fingerprint density at radius 2 is 1.62 bits per heavy atom. The number of rotatable bonds is 4. The summed E-state index contributed by atoms with van der Waals surface area (Å²) in [5.41, 5.74) is 4.17. The summed E-state index contributed by atoms with van der Waals surface area (Å²) in [6.45, 7) is 13.4. The minimum Gasteiger partial charge on any atom is -0.382 e. The van der Waals surface area contributed by atoms with Crippen LogP contribution in [0, 0.1) is 0 Å². The second kappa shape index (κ2) is 6.83. The van der Waals surface area contributed by atoms with Crippen LogP contribution in [0.1, 0.15) is 77.3 Å². The Morgan fingerprint density at radius 3 is 2.14 bits per heavy atom. The number of hydrogen-bond acceptors (Lipinski definition) is 2. The fourth-order valence-electron chi connectivity index (χ4n) is 3.29. The summed E-state index contributed by atoms with van der Waals surface area (Å²) in [6.07, 6.45) is 2.88. The third-order valence-corrected chi connectivity index (χ3v) is 4.42. The van der Waals surface area contributed by atoms with Crippen molar-refractivity contribution in [3.63, 3.8) is 0 Å². The van der Waals surface area contributed by atoms with Crippen molar-refractivity contribution in [2.45, 2.75) is 84.5 Å². The van der Waals surface area contributed by atoms with Gasteiger partial charge in [-0.25, -0.2) is 0 Å². The molecule has 1 aliphatic heterocycles. The molecular weight excluding hydrogens is 258 g/mol. The van der Waals surface area contributed by atoms with Crippen molar-refractivity contribution in [1.82, 2.24) is 0 Å². The molecule has 1 aromatic carbocycles. The Labute approximate surface area is 130 Å². The summed E-state index contributed by atoms with van der Waals surface area (Å²) in [7, 11) is 0. The number of nitrogens with one attached hydrogen (secondary N) is 1. The highest BCUT2D eigenvalue weighted by Crippen LogP contribution is 2.31. The van der Waals surface area contributed by atoms with Crippen molar-refractivity contribution in [2.75, 3.05) is 5.32 Å². The van der Waals surface area contributed by atoms with Crippen molar-refractivity contribution in [2.24, 2.45) is 0 Å². The van der Waals surface area contributed by atoms with E-state index in [1.807, 2.05) is 0 Å². The van der Waals surface area contributed by atoms with E-state index in [4.69, 9.17) is 4.74 Å². The fourth-order valence-corrected chi connectivity index (χ4v) is 3.29. The number of benzene rings is 1. The maximum atomic E-state index is 5.84. The van der Waals surface area contributed by atoms with Gasteiger partial charge in [-0.05, 0) is 55.7 Å². The lowest BCUT2D eigenvalue weighted by molar-refractivity contribution is -0.0337. The molecule has 21 heavy (non-hydrogen) atoms. The molecule has 0 bridgehead atoms. The van der Waals surface area contributed by atoms with Crippen LogP contribution in [-0.4, -0.2) is 18.2 Å². The van der Waals surface area contributed by atoms with Gasteiger partial charge in [-0.1, -0.05) is 39.8 Å². The molecule has 0 aromatic heterocycles. The fraction of sp³-hybridized carbons (Fsp3) is 0.684. The Hall–Kier alpha value is -1.02. The van der Waals surface area contributed by atoms with Gasteiger partial charge < -0.3 is 10.1 Å². The zero-order valence-corrected chi connectivity index (χ0v) is 14.4. The summed E-state index contributed by atoms with van der Waals surface area (Å²) in [6, 6.07) is 7.44. The van der Waals surface area contributed by atoms with Gasteiger partial charge in [-0.3, -0.25) is 0 Å². The van der Waals surface area contributed by atoms with Crippen LogP contribution >= 0.6 is 0 Å². The Morgan fingerprint density at radius 1 is 1.00 bits per heavy atom. The van der Waals surface area contributed by atoms with E-state index in [-0.39, 0.29) is 0 Å². The minimum absolute atomic E-state index is 0.351. The predicted molar refractivity (Wildman–Crippen MR) is 91.3 cm³/mol. The van der Waals surface area contributed by atoms with Crippen LogP contribution in [0.3, 0.4) is 0 Å². The van der Waals surface area contributed by atoms with Gasteiger partial charge in [0.15, 0.2) is 0 Å². The SMILES string of the molecule is CC1CC(Nc2ccc(C(C)C)cc2C(C)C)CC(C)O1. The van der Waals surface area contributed by atoms with Gasteiger partial charge in [0.2, 0.25) is 0 Å². The van der Waals surface area contributed by atoms with Crippen molar-refractivity contribution < 1.29 is 4.74 Å². The van der Waals surface area contributed by atoms with Crippen LogP contribution in [0.4, 0.5) is 5.69 Å². The second-order valence-electron chi connectivity index (χ2n) is 7.23. The summed E-state index contributed by atoms with van der Waals surface area (Å²) in [5, 5.41) is 3.78. The van der Waals surface area contributed by atoms with Gasteiger partial charge in [-0.15, -0.1) is 0 Å². The van der Waals surface area contributed by atoms with Crippen LogP contribution in [0.5, 0.6) is 0 Å². The first-order chi connectivity index (χ1) is 9.86. The molecule has 2 unspecified atom stereocenters. The van der Waals surface area contributed by atoms with E-state index in [1.165, 1.54) is 16.8 Å².